The monoisotopic (exact) mass is 220 g/mol. The van der Waals surface area contributed by atoms with Gasteiger partial charge in [-0.25, -0.2) is 0 Å². The summed E-state index contributed by atoms with van der Waals surface area (Å²) in [5, 5.41) is 0. The maximum absolute atomic E-state index is 11.5. The van der Waals surface area contributed by atoms with E-state index in [2.05, 4.69) is 40.3 Å². The quantitative estimate of drug-likeness (QED) is 0.477. The number of carbonyl (C=O) groups is 1. The van der Waals surface area contributed by atoms with Crippen molar-refractivity contribution in [2.24, 2.45) is 5.41 Å². The summed E-state index contributed by atoms with van der Waals surface area (Å²) in [6, 6.07) is 0. The third kappa shape index (κ3) is 8.22. The Hall–Kier alpha value is -1.11. The van der Waals surface area contributed by atoms with E-state index in [1.807, 2.05) is 13.0 Å². The van der Waals surface area contributed by atoms with E-state index in [0.717, 1.165) is 12.0 Å². The molecule has 1 heteroatoms. The van der Waals surface area contributed by atoms with Gasteiger partial charge >= 0.3 is 0 Å². The van der Waals surface area contributed by atoms with Gasteiger partial charge in [0.2, 0.25) is 0 Å². The van der Waals surface area contributed by atoms with Crippen LogP contribution in [0.2, 0.25) is 0 Å². The van der Waals surface area contributed by atoms with Crippen LogP contribution in [0.1, 0.15) is 47.5 Å². The van der Waals surface area contributed by atoms with Gasteiger partial charge in [0, 0.05) is 6.42 Å². The average Bonchev–Trinajstić information content (AvgIpc) is 2.11. The number of hydrogen-bond acceptors (Lipinski definition) is 1. The Morgan fingerprint density at radius 1 is 1.25 bits per heavy atom. The van der Waals surface area contributed by atoms with E-state index in [9.17, 15) is 4.79 Å². The molecular formula is C15H24O. The van der Waals surface area contributed by atoms with Gasteiger partial charge in [0.05, 0.1) is 0 Å². The van der Waals surface area contributed by atoms with Gasteiger partial charge in [-0.2, -0.15) is 0 Å². The molecule has 0 aromatic rings. The summed E-state index contributed by atoms with van der Waals surface area (Å²) in [5.41, 5.74) is 2.27. The minimum atomic E-state index is 0.0437. The van der Waals surface area contributed by atoms with Gasteiger partial charge < -0.3 is 0 Å². The van der Waals surface area contributed by atoms with Crippen LogP contribution < -0.4 is 0 Å². The molecule has 0 atom stereocenters. The Kier molecular flexibility index (Phi) is 6.02. The summed E-state index contributed by atoms with van der Waals surface area (Å²) in [6.07, 6.45) is 7.31. The average molecular weight is 220 g/mol. The molecule has 0 saturated heterocycles. The third-order valence-corrected chi connectivity index (χ3v) is 2.23. The lowest BCUT2D eigenvalue weighted by Gasteiger charge is -2.17. The van der Waals surface area contributed by atoms with Crippen LogP contribution in [-0.2, 0) is 4.79 Å². The second-order valence-electron chi connectivity index (χ2n) is 5.41. The van der Waals surface area contributed by atoms with Crippen LogP contribution in [0.4, 0.5) is 0 Å². The molecule has 0 aliphatic carbocycles. The van der Waals surface area contributed by atoms with Crippen LogP contribution in [0.3, 0.4) is 0 Å². The molecule has 0 saturated carbocycles. The minimum absolute atomic E-state index is 0.0437. The zero-order chi connectivity index (χ0) is 12.8. The van der Waals surface area contributed by atoms with Gasteiger partial charge in [0.25, 0.3) is 0 Å². The van der Waals surface area contributed by atoms with E-state index in [0.29, 0.717) is 6.42 Å². The summed E-state index contributed by atoms with van der Waals surface area (Å²) in [5.74, 6) is 0.137. The first-order valence-corrected chi connectivity index (χ1v) is 5.73. The standard InChI is InChI=1S/C15H24O/c1-12(2)7-9-15(5,6)10-8-14(16)11-13(3)4/h7-8,10H,3,9,11H2,1-2,4-6H3/b10-8-. The van der Waals surface area contributed by atoms with Crippen molar-refractivity contribution in [3.8, 4) is 0 Å². The first-order valence-electron chi connectivity index (χ1n) is 5.73. The Morgan fingerprint density at radius 3 is 2.25 bits per heavy atom. The fourth-order valence-corrected chi connectivity index (χ4v) is 1.21. The lowest BCUT2D eigenvalue weighted by molar-refractivity contribution is -0.114. The number of hydrogen-bond donors (Lipinski definition) is 0. The Balaban J connectivity index is 4.34. The van der Waals surface area contributed by atoms with Gasteiger partial charge in [0.1, 0.15) is 0 Å². The van der Waals surface area contributed by atoms with Crippen molar-refractivity contribution >= 4 is 5.78 Å². The Morgan fingerprint density at radius 2 is 1.81 bits per heavy atom. The molecule has 16 heavy (non-hydrogen) atoms. The first kappa shape index (κ1) is 14.9. The van der Waals surface area contributed by atoms with E-state index < -0.39 is 0 Å². The van der Waals surface area contributed by atoms with Gasteiger partial charge in [0.15, 0.2) is 5.78 Å². The summed E-state index contributed by atoms with van der Waals surface area (Å²) in [4.78, 5) is 11.5. The number of carbonyl (C=O) groups excluding carboxylic acids is 1. The van der Waals surface area contributed by atoms with Gasteiger partial charge in [-0.3, -0.25) is 4.79 Å². The van der Waals surface area contributed by atoms with Crippen LogP contribution in [-0.4, -0.2) is 5.78 Å². The van der Waals surface area contributed by atoms with Crippen molar-refractivity contribution in [3.63, 3.8) is 0 Å². The summed E-state index contributed by atoms with van der Waals surface area (Å²) in [6.45, 7) is 14.1. The molecule has 1 nitrogen and oxygen atoms in total. The van der Waals surface area contributed by atoms with Gasteiger partial charge in [-0.1, -0.05) is 43.7 Å². The van der Waals surface area contributed by atoms with E-state index in [4.69, 9.17) is 0 Å². The summed E-state index contributed by atoms with van der Waals surface area (Å²) >= 11 is 0. The first-order chi connectivity index (χ1) is 7.23. The highest BCUT2D eigenvalue weighted by Gasteiger charge is 2.12. The van der Waals surface area contributed by atoms with Gasteiger partial charge in [-0.05, 0) is 38.7 Å². The van der Waals surface area contributed by atoms with Crippen molar-refractivity contribution in [3.05, 3.63) is 36.0 Å². The molecule has 0 N–H and O–H groups in total. The molecule has 0 amide bonds. The molecule has 0 aromatic heterocycles. The molecule has 0 unspecified atom stereocenters. The lowest BCUT2D eigenvalue weighted by Crippen LogP contribution is -2.07. The van der Waals surface area contributed by atoms with Crippen LogP contribution >= 0.6 is 0 Å². The molecule has 0 spiro atoms. The molecule has 0 bridgehead atoms. The second-order valence-corrected chi connectivity index (χ2v) is 5.41. The van der Waals surface area contributed by atoms with Crippen molar-refractivity contribution in [1.29, 1.82) is 0 Å². The van der Waals surface area contributed by atoms with Crippen LogP contribution in [0.25, 0.3) is 0 Å². The van der Waals surface area contributed by atoms with Crippen LogP contribution in [0.5, 0.6) is 0 Å². The van der Waals surface area contributed by atoms with E-state index >= 15 is 0 Å². The lowest BCUT2D eigenvalue weighted by atomic mass is 9.87. The highest BCUT2D eigenvalue weighted by molar-refractivity contribution is 5.91. The van der Waals surface area contributed by atoms with Crippen LogP contribution in [0.15, 0.2) is 36.0 Å². The minimum Gasteiger partial charge on any atom is -0.295 e. The zero-order valence-electron chi connectivity index (χ0n) is 11.3. The van der Waals surface area contributed by atoms with Crippen molar-refractivity contribution in [2.75, 3.05) is 0 Å². The third-order valence-electron chi connectivity index (χ3n) is 2.23. The van der Waals surface area contributed by atoms with Crippen molar-refractivity contribution in [1.82, 2.24) is 0 Å². The molecule has 0 aromatic carbocycles. The van der Waals surface area contributed by atoms with Crippen molar-refractivity contribution < 1.29 is 4.79 Å². The van der Waals surface area contributed by atoms with Crippen LogP contribution in [0, 0.1) is 5.41 Å². The maximum atomic E-state index is 11.5. The predicted molar refractivity (Wildman–Crippen MR) is 71.4 cm³/mol. The molecule has 0 fully saturated rings. The molecule has 90 valence electrons. The molecule has 0 radical (unpaired) electrons. The summed E-state index contributed by atoms with van der Waals surface area (Å²) in [7, 11) is 0. The Bertz CT molecular complexity index is 312. The SMILES string of the molecule is C=C(C)CC(=O)/C=C\C(C)(C)CC=C(C)C. The topological polar surface area (TPSA) is 17.1 Å². The highest BCUT2D eigenvalue weighted by Crippen LogP contribution is 2.23. The molecular weight excluding hydrogens is 196 g/mol. The zero-order valence-corrected chi connectivity index (χ0v) is 11.3. The van der Waals surface area contributed by atoms with E-state index in [-0.39, 0.29) is 11.2 Å². The normalized spacial score (nSPS) is 11.6. The van der Waals surface area contributed by atoms with Crippen molar-refractivity contribution in [2.45, 2.75) is 47.5 Å². The predicted octanol–water partition coefficient (Wildman–Crippen LogP) is 4.46. The van der Waals surface area contributed by atoms with E-state index in [1.165, 1.54) is 5.57 Å². The second kappa shape index (κ2) is 6.47. The largest absolute Gasteiger partial charge is 0.295 e. The molecule has 0 aliphatic heterocycles. The summed E-state index contributed by atoms with van der Waals surface area (Å²) < 4.78 is 0. The smallest absolute Gasteiger partial charge is 0.159 e. The maximum Gasteiger partial charge on any atom is 0.159 e. The molecule has 0 heterocycles. The Labute approximate surface area is 99.9 Å². The number of rotatable bonds is 6. The highest BCUT2D eigenvalue weighted by atomic mass is 16.1. The molecule has 0 aliphatic rings. The van der Waals surface area contributed by atoms with E-state index in [1.54, 1.807) is 6.08 Å². The van der Waals surface area contributed by atoms with Gasteiger partial charge in [-0.15, -0.1) is 0 Å². The fraction of sp³-hybridized carbons (Fsp3) is 0.533. The fourth-order valence-electron chi connectivity index (χ4n) is 1.21. The molecule has 0 rings (SSSR count). The number of ketones is 1. The number of allylic oxidation sites excluding steroid dienone is 5.